The van der Waals surface area contributed by atoms with E-state index in [0.717, 1.165) is 18.5 Å². The number of unbranched alkanes of at least 4 members (excludes halogenated alkanes) is 2. The molecule has 0 saturated carbocycles. The van der Waals surface area contributed by atoms with Gasteiger partial charge in [0.15, 0.2) is 0 Å². The number of nitrogens with one attached hydrogen (secondary N) is 1. The van der Waals surface area contributed by atoms with Gasteiger partial charge in [-0.1, -0.05) is 50.1 Å². The normalized spacial score (nSPS) is 16.5. The Hall–Kier alpha value is -4.07. The van der Waals surface area contributed by atoms with Crippen LogP contribution < -0.4 is 10.2 Å². The summed E-state index contributed by atoms with van der Waals surface area (Å²) in [6.07, 6.45) is 7.16. The number of furan rings is 1. The second-order valence-corrected chi connectivity index (χ2v) is 10.7. The maximum Gasteiger partial charge on any atom is 0.253 e. The van der Waals surface area contributed by atoms with Crippen molar-refractivity contribution in [3.05, 3.63) is 89.9 Å². The molecule has 2 aromatic carbocycles. The second-order valence-electron chi connectivity index (χ2n) is 10.7. The third-order valence-corrected chi connectivity index (χ3v) is 8.10. The van der Waals surface area contributed by atoms with Gasteiger partial charge in [0.1, 0.15) is 17.8 Å². The number of anilines is 1. The van der Waals surface area contributed by atoms with Crippen LogP contribution in [0.1, 0.15) is 60.7 Å². The molecule has 5 rings (SSSR count). The molecule has 3 amide bonds. The Kier molecular flexibility index (Phi) is 8.53. The van der Waals surface area contributed by atoms with Crippen molar-refractivity contribution >= 4 is 23.4 Å². The average molecular weight is 543 g/mol. The first-order valence-electron chi connectivity index (χ1n) is 14.3. The zero-order chi connectivity index (χ0) is 28.0. The highest BCUT2D eigenvalue weighted by Crippen LogP contribution is 2.39. The van der Waals surface area contributed by atoms with E-state index in [1.165, 1.54) is 18.4 Å². The Bertz CT molecular complexity index is 1280. The molecule has 0 radical (unpaired) electrons. The lowest BCUT2D eigenvalue weighted by Crippen LogP contribution is -2.57. The Labute approximate surface area is 235 Å². The number of benzene rings is 2. The lowest BCUT2D eigenvalue weighted by molar-refractivity contribution is -0.137. The minimum atomic E-state index is -0.789. The van der Waals surface area contributed by atoms with E-state index in [-0.39, 0.29) is 30.8 Å². The van der Waals surface area contributed by atoms with Gasteiger partial charge in [0.05, 0.1) is 19.5 Å². The van der Waals surface area contributed by atoms with Crippen molar-refractivity contribution in [2.75, 3.05) is 31.2 Å². The molecule has 0 bridgehead atoms. The minimum Gasteiger partial charge on any atom is -0.467 e. The summed E-state index contributed by atoms with van der Waals surface area (Å²) in [6, 6.07) is 21.4. The standard InChI is InChI=1S/C32H38N4O4/c1-2-3-5-9-25-13-15-26(16-14-25)30(38)34-19-17-32(18-20-34)31(39)35(24-36(32)27-10-6-4-7-11-27)23-29(37)33-22-28-12-8-21-40-28/h4,6-8,10-16,21H,2-3,5,9,17-20,22-24H2,1H3,(H,33,37). The fraction of sp³-hybridized carbons (Fsp3) is 0.406. The summed E-state index contributed by atoms with van der Waals surface area (Å²) < 4.78 is 5.29. The van der Waals surface area contributed by atoms with Gasteiger partial charge >= 0.3 is 0 Å². The molecule has 1 aromatic heterocycles. The molecule has 2 fully saturated rings. The third-order valence-electron chi connectivity index (χ3n) is 8.10. The molecule has 3 aromatic rings. The van der Waals surface area contributed by atoms with Gasteiger partial charge in [-0.05, 0) is 67.6 Å². The Balaban J connectivity index is 1.25. The average Bonchev–Trinajstić information content (AvgIpc) is 3.60. The van der Waals surface area contributed by atoms with E-state index in [9.17, 15) is 14.4 Å². The Morgan fingerprint density at radius 3 is 2.38 bits per heavy atom. The number of carbonyl (C=O) groups excluding carboxylic acids is 3. The SMILES string of the molecule is CCCCCc1ccc(C(=O)N2CCC3(CC2)C(=O)N(CC(=O)NCc2ccco2)CN3c2ccccc2)cc1. The quantitative estimate of drug-likeness (QED) is 0.378. The summed E-state index contributed by atoms with van der Waals surface area (Å²) in [5.41, 5.74) is 2.09. The number of aryl methyl sites for hydroxylation is 1. The number of carbonyl (C=O) groups is 3. The van der Waals surface area contributed by atoms with Crippen LogP contribution >= 0.6 is 0 Å². The molecule has 0 aliphatic carbocycles. The van der Waals surface area contributed by atoms with Gasteiger partial charge in [-0.25, -0.2) is 0 Å². The van der Waals surface area contributed by atoms with Gasteiger partial charge in [0.2, 0.25) is 5.91 Å². The van der Waals surface area contributed by atoms with E-state index in [4.69, 9.17) is 4.42 Å². The van der Waals surface area contributed by atoms with Crippen LogP contribution in [-0.2, 0) is 22.6 Å². The molecule has 2 saturated heterocycles. The summed E-state index contributed by atoms with van der Waals surface area (Å²) in [4.78, 5) is 45.6. The molecule has 8 nitrogen and oxygen atoms in total. The summed E-state index contributed by atoms with van der Waals surface area (Å²) in [5, 5.41) is 2.84. The predicted molar refractivity (Wildman–Crippen MR) is 154 cm³/mol. The zero-order valence-corrected chi connectivity index (χ0v) is 23.2. The van der Waals surface area contributed by atoms with Crippen LogP contribution in [0.5, 0.6) is 0 Å². The van der Waals surface area contributed by atoms with Gasteiger partial charge in [-0.2, -0.15) is 0 Å². The molecule has 2 aliphatic rings. The lowest BCUT2D eigenvalue weighted by Gasteiger charge is -2.43. The van der Waals surface area contributed by atoms with Gasteiger partial charge in [-0.3, -0.25) is 14.4 Å². The van der Waals surface area contributed by atoms with Crippen LogP contribution in [0.4, 0.5) is 5.69 Å². The molecule has 1 spiro atoms. The third kappa shape index (κ3) is 5.91. The number of para-hydroxylation sites is 1. The molecular formula is C32H38N4O4. The zero-order valence-electron chi connectivity index (χ0n) is 23.2. The van der Waals surface area contributed by atoms with E-state index in [1.54, 1.807) is 23.3 Å². The highest BCUT2D eigenvalue weighted by Gasteiger charge is 2.54. The van der Waals surface area contributed by atoms with Crippen molar-refractivity contribution in [3.63, 3.8) is 0 Å². The van der Waals surface area contributed by atoms with Crippen LogP contribution in [0, 0.1) is 0 Å². The number of hydrogen-bond acceptors (Lipinski definition) is 5. The molecule has 40 heavy (non-hydrogen) atoms. The first-order valence-corrected chi connectivity index (χ1v) is 14.3. The molecule has 3 heterocycles. The van der Waals surface area contributed by atoms with Crippen molar-refractivity contribution in [3.8, 4) is 0 Å². The Morgan fingerprint density at radius 2 is 1.70 bits per heavy atom. The van der Waals surface area contributed by atoms with Gasteiger partial charge < -0.3 is 24.4 Å². The number of piperidine rings is 1. The monoisotopic (exact) mass is 542 g/mol. The highest BCUT2D eigenvalue weighted by molar-refractivity contribution is 5.97. The number of hydrogen-bond donors (Lipinski definition) is 1. The summed E-state index contributed by atoms with van der Waals surface area (Å²) in [6.45, 7) is 3.72. The van der Waals surface area contributed by atoms with Crippen LogP contribution in [-0.4, -0.2) is 59.4 Å². The second kappa shape index (κ2) is 12.4. The smallest absolute Gasteiger partial charge is 0.253 e. The Morgan fingerprint density at radius 1 is 0.950 bits per heavy atom. The van der Waals surface area contributed by atoms with Crippen molar-refractivity contribution < 1.29 is 18.8 Å². The molecular weight excluding hydrogens is 504 g/mol. The highest BCUT2D eigenvalue weighted by atomic mass is 16.3. The predicted octanol–water partition coefficient (Wildman–Crippen LogP) is 4.61. The van der Waals surface area contributed by atoms with Crippen molar-refractivity contribution in [1.29, 1.82) is 0 Å². The van der Waals surface area contributed by atoms with E-state index < -0.39 is 5.54 Å². The van der Waals surface area contributed by atoms with Gasteiger partial charge in [0, 0.05) is 24.3 Å². The van der Waals surface area contributed by atoms with E-state index in [0.29, 0.717) is 43.9 Å². The molecule has 210 valence electrons. The van der Waals surface area contributed by atoms with Crippen LogP contribution in [0.2, 0.25) is 0 Å². The summed E-state index contributed by atoms with van der Waals surface area (Å²) >= 11 is 0. The first-order chi connectivity index (χ1) is 19.5. The maximum atomic E-state index is 13.9. The fourth-order valence-corrected chi connectivity index (χ4v) is 5.81. The van der Waals surface area contributed by atoms with Crippen LogP contribution in [0.15, 0.2) is 77.4 Å². The number of amides is 3. The van der Waals surface area contributed by atoms with Crippen molar-refractivity contribution in [2.45, 2.75) is 57.5 Å². The van der Waals surface area contributed by atoms with E-state index in [1.807, 2.05) is 47.4 Å². The molecule has 2 aliphatic heterocycles. The molecule has 8 heteroatoms. The molecule has 0 atom stereocenters. The van der Waals surface area contributed by atoms with E-state index in [2.05, 4.69) is 29.3 Å². The van der Waals surface area contributed by atoms with Gasteiger partial charge in [0.25, 0.3) is 11.8 Å². The maximum absolute atomic E-state index is 13.9. The van der Waals surface area contributed by atoms with Gasteiger partial charge in [-0.15, -0.1) is 0 Å². The molecule has 0 unspecified atom stereocenters. The molecule has 1 N–H and O–H groups in total. The topological polar surface area (TPSA) is 86.1 Å². The largest absolute Gasteiger partial charge is 0.467 e. The lowest BCUT2D eigenvalue weighted by atomic mass is 9.85. The van der Waals surface area contributed by atoms with Crippen molar-refractivity contribution in [2.24, 2.45) is 0 Å². The summed E-state index contributed by atoms with van der Waals surface area (Å²) in [5.74, 6) is 0.362. The summed E-state index contributed by atoms with van der Waals surface area (Å²) in [7, 11) is 0. The van der Waals surface area contributed by atoms with Crippen LogP contribution in [0.3, 0.4) is 0 Å². The number of rotatable bonds is 10. The fourth-order valence-electron chi connectivity index (χ4n) is 5.81. The number of likely N-dealkylation sites (tertiary alicyclic amines) is 1. The minimum absolute atomic E-state index is 0.000764. The van der Waals surface area contributed by atoms with Crippen LogP contribution in [0.25, 0.3) is 0 Å². The van der Waals surface area contributed by atoms with Crippen molar-refractivity contribution in [1.82, 2.24) is 15.1 Å². The first kappa shape index (κ1) is 27.5. The van der Waals surface area contributed by atoms with E-state index >= 15 is 0 Å². The number of nitrogens with zero attached hydrogens (tertiary/aromatic N) is 3.